The normalized spacial score (nSPS) is 12.4. The van der Waals surface area contributed by atoms with Gasteiger partial charge in [0.1, 0.15) is 0 Å². The van der Waals surface area contributed by atoms with Crippen molar-refractivity contribution < 1.29 is 26.9 Å². The summed E-state index contributed by atoms with van der Waals surface area (Å²) < 4.78 is 4.64. The first-order valence-electron chi connectivity index (χ1n) is 22.3. The molecule has 2 heterocycles. The fourth-order valence-corrected chi connectivity index (χ4v) is 8.91. The van der Waals surface area contributed by atoms with E-state index in [2.05, 4.69) is 237 Å². The third-order valence-electron chi connectivity index (χ3n) is 12.0. The predicted molar refractivity (Wildman–Crippen MR) is 258 cm³/mol. The number of rotatable bonds is 10. The van der Waals surface area contributed by atoms with Gasteiger partial charge in [-0.3, -0.25) is 9.13 Å². The minimum atomic E-state index is -0.0269. The first-order valence-corrected chi connectivity index (χ1v) is 22.3. The Morgan fingerprint density at radius 2 is 0.885 bits per heavy atom. The first-order chi connectivity index (χ1) is 28.8. The number of aromatic nitrogens is 2. The number of hydrogen-bond donors (Lipinski definition) is 0. The smallest absolute Gasteiger partial charge is 0.269 e. The van der Waals surface area contributed by atoms with E-state index in [0.717, 1.165) is 5.69 Å². The van der Waals surface area contributed by atoms with Crippen LogP contribution in [0.25, 0.3) is 27.6 Å². The van der Waals surface area contributed by atoms with E-state index in [-0.39, 0.29) is 29.4 Å². The van der Waals surface area contributed by atoms with E-state index in [4.69, 9.17) is 5.23 Å². The fraction of sp³-hybridized carbons (Fsp3) is 0.327. The molecular formula is C55H64AuBN4-. The van der Waals surface area contributed by atoms with Gasteiger partial charge in [-0.15, -0.1) is 5.69 Å². The Kier molecular flexibility index (Phi) is 14.6. The largest absolute Gasteiger partial charge is 0.683 e. The molecule has 1 aromatic heterocycles. The van der Waals surface area contributed by atoms with E-state index < -0.39 is 0 Å². The van der Waals surface area contributed by atoms with Crippen molar-refractivity contribution >= 4 is 40.5 Å². The summed E-state index contributed by atoms with van der Waals surface area (Å²) in [6, 6.07) is 48.2. The zero-order valence-corrected chi connectivity index (χ0v) is 40.5. The van der Waals surface area contributed by atoms with Crippen molar-refractivity contribution in [3.8, 4) is 11.4 Å². The van der Waals surface area contributed by atoms with Gasteiger partial charge < -0.3 is 10.0 Å². The molecule has 0 saturated carbocycles. The molecular weight excluding hydrogens is 924 g/mol. The van der Waals surface area contributed by atoms with Crippen molar-refractivity contribution in [2.45, 2.75) is 119 Å². The maximum Gasteiger partial charge on any atom is 0.269 e. The second-order valence-corrected chi connectivity index (χ2v) is 18.3. The molecule has 61 heavy (non-hydrogen) atoms. The number of fused-ring (bicyclic) bond motifs is 2. The molecule has 1 aliphatic rings. The number of anilines is 2. The summed E-state index contributed by atoms with van der Waals surface area (Å²) >= 11 is 0. The molecule has 0 bridgehead atoms. The maximum atomic E-state index is 5.11. The second-order valence-electron chi connectivity index (χ2n) is 18.3. The third kappa shape index (κ3) is 9.07. The molecule has 1 radical (unpaired) electrons. The van der Waals surface area contributed by atoms with Gasteiger partial charge in [0.2, 0.25) is 0 Å². The summed E-state index contributed by atoms with van der Waals surface area (Å²) in [5.74, 6) is 2.60. The Bertz CT molecular complexity index is 2390. The number of imidazole rings is 1. The standard InChI is InChI=1S/C31H38N2.C24H26BN2.Au/c1-20(2)24-13-11-14-25(21(3)4)30(24)32-19-33(29-18-10-9-17-28(29)32)31-26(22(5)6)15-12-16-27(31)23(7)8;1-17(2)20-13-10-14-21(18(3)4)24(20)27-23-16-9-8-15-22(23)26-25(27)19-11-6-5-7-12-19;/h9-18,20-23H,1-8H3;5-18H,1-4H3;/q;-1;. The number of benzene rings is 6. The fourth-order valence-electron chi connectivity index (χ4n) is 8.91. The van der Waals surface area contributed by atoms with E-state index in [1.807, 2.05) is 0 Å². The van der Waals surface area contributed by atoms with Gasteiger partial charge in [0.05, 0.1) is 22.4 Å². The Hall–Kier alpha value is -4.80. The Morgan fingerprint density at radius 3 is 1.39 bits per heavy atom. The van der Waals surface area contributed by atoms with E-state index in [1.54, 1.807) is 0 Å². The number of hydrogen-bond acceptors (Lipinski definition) is 1. The molecule has 6 aromatic carbocycles. The minimum Gasteiger partial charge on any atom is -0.683 e. The molecule has 0 atom stereocenters. The van der Waals surface area contributed by atoms with Crippen LogP contribution in [-0.2, 0) is 22.4 Å². The zero-order chi connectivity index (χ0) is 42.8. The summed E-state index contributed by atoms with van der Waals surface area (Å²) in [6.45, 7) is 27.4. The molecule has 0 fully saturated rings. The second kappa shape index (κ2) is 19.5. The summed E-state index contributed by atoms with van der Waals surface area (Å²) in [7, 11) is 0. The summed E-state index contributed by atoms with van der Waals surface area (Å²) in [5, 5.41) is 5.11. The van der Waals surface area contributed by atoms with Gasteiger partial charge >= 0.3 is 0 Å². The molecule has 0 N–H and O–H groups in total. The van der Waals surface area contributed by atoms with Gasteiger partial charge in [-0.05, 0) is 75.0 Å². The molecule has 0 aliphatic carbocycles. The van der Waals surface area contributed by atoms with Gasteiger partial charge in [-0.2, -0.15) is 0 Å². The predicted octanol–water partition coefficient (Wildman–Crippen LogP) is 14.7. The Morgan fingerprint density at radius 1 is 0.459 bits per heavy atom. The number of para-hydroxylation sites is 6. The molecule has 6 heteroatoms. The Balaban J connectivity index is 0.000000204. The third-order valence-corrected chi connectivity index (χ3v) is 12.0. The van der Waals surface area contributed by atoms with Gasteiger partial charge in [-0.1, -0.05) is 216 Å². The van der Waals surface area contributed by atoms with Crippen LogP contribution in [-0.4, -0.2) is 11.5 Å². The van der Waals surface area contributed by atoms with Crippen LogP contribution in [0.1, 0.15) is 152 Å². The minimum absolute atomic E-state index is 0. The van der Waals surface area contributed by atoms with Crippen LogP contribution in [0, 0.1) is 6.33 Å². The molecule has 1 aliphatic heterocycles. The zero-order valence-electron chi connectivity index (χ0n) is 38.3. The first kappa shape index (κ1) is 45.7. The molecule has 7 aromatic rings. The average molecular weight is 989 g/mol. The summed E-state index contributed by atoms with van der Waals surface area (Å²) in [5.41, 5.74) is 18.0. The van der Waals surface area contributed by atoms with Crippen LogP contribution in [0.15, 0.2) is 133 Å². The van der Waals surface area contributed by atoms with Crippen molar-refractivity contribution in [1.29, 1.82) is 0 Å². The molecule has 0 amide bonds. The molecule has 0 spiro atoms. The van der Waals surface area contributed by atoms with Crippen molar-refractivity contribution in [2.75, 3.05) is 4.81 Å². The van der Waals surface area contributed by atoms with Gasteiger partial charge in [0.25, 0.3) is 6.33 Å². The van der Waals surface area contributed by atoms with E-state index in [9.17, 15) is 0 Å². The van der Waals surface area contributed by atoms with E-state index in [1.165, 1.54) is 72.6 Å². The quantitative estimate of drug-likeness (QED) is 0.0762. The van der Waals surface area contributed by atoms with Crippen LogP contribution >= 0.6 is 0 Å². The van der Waals surface area contributed by atoms with Crippen LogP contribution in [0.5, 0.6) is 0 Å². The average Bonchev–Trinajstić information content (AvgIpc) is 3.82. The van der Waals surface area contributed by atoms with Gasteiger partial charge in [0.15, 0.2) is 6.98 Å². The van der Waals surface area contributed by atoms with Crippen molar-refractivity contribution in [2.24, 2.45) is 0 Å². The van der Waals surface area contributed by atoms with Gasteiger partial charge in [0, 0.05) is 33.8 Å². The van der Waals surface area contributed by atoms with Crippen molar-refractivity contribution in [3.05, 3.63) is 178 Å². The monoisotopic (exact) mass is 988 g/mol. The molecule has 0 saturated heterocycles. The van der Waals surface area contributed by atoms with E-state index in [0.29, 0.717) is 35.5 Å². The summed E-state index contributed by atoms with van der Waals surface area (Å²) in [6.07, 6.45) is 3.84. The van der Waals surface area contributed by atoms with Crippen LogP contribution < -0.4 is 14.8 Å². The van der Waals surface area contributed by atoms with Crippen molar-refractivity contribution in [1.82, 2.24) is 4.57 Å². The van der Waals surface area contributed by atoms with Crippen LogP contribution in [0.2, 0.25) is 0 Å². The van der Waals surface area contributed by atoms with Gasteiger partial charge in [-0.25, -0.2) is 0 Å². The van der Waals surface area contributed by atoms with Crippen molar-refractivity contribution in [3.63, 3.8) is 0 Å². The maximum absolute atomic E-state index is 5.11. The van der Waals surface area contributed by atoms with Crippen LogP contribution in [0.4, 0.5) is 17.1 Å². The number of nitrogens with zero attached hydrogens (tertiary/aromatic N) is 4. The topological polar surface area (TPSA) is 26.1 Å². The summed E-state index contributed by atoms with van der Waals surface area (Å²) in [4.78, 5) is 2.45. The Labute approximate surface area is 383 Å². The van der Waals surface area contributed by atoms with E-state index >= 15 is 0 Å². The molecule has 4 nitrogen and oxygen atoms in total. The molecule has 319 valence electrons. The SMILES string of the molecule is CC(C)c1cccc(C(C)C)c1-n1[c-][n+](-c2c(C(C)C)cccc2C(C)C)c2ccccc21.CC(C)c1cccc(C(C)C)c1N1B(c2ccccc2)[N-]c2ccccc21.[Au]. The molecule has 8 rings (SSSR count). The molecule has 0 unspecified atom stereocenters. The van der Waals surface area contributed by atoms with Crippen LogP contribution in [0.3, 0.4) is 0 Å².